The van der Waals surface area contributed by atoms with Crippen LogP contribution in [-0.4, -0.2) is 93.5 Å². The predicted molar refractivity (Wildman–Crippen MR) is 205 cm³/mol. The maximum atomic E-state index is 13.8. The van der Waals surface area contributed by atoms with Gasteiger partial charge in [0.25, 0.3) is 0 Å². The number of benzene rings is 2. The molecule has 0 saturated carbocycles. The number of ether oxygens (including phenoxy) is 2. The van der Waals surface area contributed by atoms with E-state index >= 15 is 0 Å². The quantitative estimate of drug-likeness (QED) is 0.212. The zero-order chi connectivity index (χ0) is 33.3. The average Bonchev–Trinajstić information content (AvgIpc) is 3.61. The summed E-state index contributed by atoms with van der Waals surface area (Å²) in [5, 5.41) is 7.18. The van der Waals surface area contributed by atoms with Crippen molar-refractivity contribution in [3.05, 3.63) is 92.2 Å². The second-order valence-corrected chi connectivity index (χ2v) is 12.5. The summed E-state index contributed by atoms with van der Waals surface area (Å²) in [5.41, 5.74) is 2.61. The van der Waals surface area contributed by atoms with E-state index in [9.17, 15) is 14.4 Å². The highest BCUT2D eigenvalue weighted by molar-refractivity contribution is 14.0. The van der Waals surface area contributed by atoms with E-state index in [0.29, 0.717) is 42.9 Å². The van der Waals surface area contributed by atoms with E-state index in [1.165, 1.54) is 14.2 Å². The van der Waals surface area contributed by atoms with Gasteiger partial charge in [-0.15, -0.1) is 36.4 Å². The van der Waals surface area contributed by atoms with Crippen LogP contribution >= 0.6 is 59.6 Å². The Kier molecular flexibility index (Phi) is 16.2. The van der Waals surface area contributed by atoms with Crippen molar-refractivity contribution in [3.63, 3.8) is 0 Å². The summed E-state index contributed by atoms with van der Waals surface area (Å²) in [5.74, 6) is -1.42. The van der Waals surface area contributed by atoms with Crippen LogP contribution in [0, 0.1) is 0 Å². The Morgan fingerprint density at radius 3 is 2.08 bits per heavy atom. The summed E-state index contributed by atoms with van der Waals surface area (Å²) < 4.78 is 10.5. The fourth-order valence-corrected chi connectivity index (χ4v) is 7.02. The van der Waals surface area contributed by atoms with Crippen LogP contribution in [0.3, 0.4) is 0 Å². The Hall–Kier alpha value is -2.84. The summed E-state index contributed by atoms with van der Waals surface area (Å²) in [7, 11) is 2.55. The average molecular weight is 847 g/mol. The number of carbonyl (C=O) groups excluding carboxylic acids is 3. The Morgan fingerprint density at radius 2 is 1.49 bits per heavy atom. The summed E-state index contributed by atoms with van der Waals surface area (Å²) in [6.45, 7) is 5.36. The second kappa shape index (κ2) is 19.5. The van der Waals surface area contributed by atoms with Gasteiger partial charge in [-0.2, -0.15) is 0 Å². The lowest BCUT2D eigenvalue weighted by atomic mass is 9.78. The third-order valence-corrected chi connectivity index (χ3v) is 9.48. The first kappa shape index (κ1) is 40.6. The molecule has 2 aromatic rings. The maximum absolute atomic E-state index is 13.8. The number of nitrogens with one attached hydrogen (secondary N) is 2. The summed E-state index contributed by atoms with van der Waals surface area (Å²) in [6, 6.07) is 14.8. The number of aryl methyl sites for hydroxylation is 1. The van der Waals surface area contributed by atoms with Crippen LogP contribution in [0.15, 0.2) is 76.1 Å². The zero-order valence-electron chi connectivity index (χ0n) is 27.6. The third kappa shape index (κ3) is 10.1. The number of esters is 2. The molecular formula is C35H43Cl3IN5O5. The molecule has 3 aliphatic heterocycles. The number of aliphatic imine (C=N–C) groups is 1. The minimum Gasteiger partial charge on any atom is -0.466 e. The number of hydrogen-bond acceptors (Lipinski definition) is 9. The van der Waals surface area contributed by atoms with Crippen LogP contribution in [0.4, 0.5) is 0 Å². The van der Waals surface area contributed by atoms with Gasteiger partial charge >= 0.3 is 11.9 Å². The van der Waals surface area contributed by atoms with Crippen molar-refractivity contribution < 1.29 is 23.9 Å². The highest BCUT2D eigenvalue weighted by Crippen LogP contribution is 2.46. The Labute approximate surface area is 321 Å². The van der Waals surface area contributed by atoms with E-state index in [2.05, 4.69) is 20.5 Å². The fraction of sp³-hybridized carbons (Fsp3) is 0.429. The van der Waals surface area contributed by atoms with Crippen LogP contribution in [0.1, 0.15) is 42.7 Å². The first-order valence-electron chi connectivity index (χ1n) is 16.0. The van der Waals surface area contributed by atoms with E-state index in [-0.39, 0.29) is 69.9 Å². The zero-order valence-corrected chi connectivity index (χ0v) is 32.3. The lowest BCUT2D eigenvalue weighted by Crippen LogP contribution is -2.49. The van der Waals surface area contributed by atoms with Crippen molar-refractivity contribution in [1.82, 2.24) is 20.4 Å². The number of amidine groups is 1. The molecule has 14 heteroatoms. The molecule has 1 saturated heterocycles. The number of methoxy groups -OCH3 is 2. The minimum atomic E-state index is -1.03. The molecule has 1 fully saturated rings. The van der Waals surface area contributed by atoms with Gasteiger partial charge in [-0.1, -0.05) is 59.6 Å². The van der Waals surface area contributed by atoms with Gasteiger partial charge in [0.2, 0.25) is 5.91 Å². The fourth-order valence-electron chi connectivity index (χ4n) is 6.41. The summed E-state index contributed by atoms with van der Waals surface area (Å²) in [4.78, 5) is 49.6. The molecule has 2 N–H and O–H groups in total. The van der Waals surface area contributed by atoms with Crippen molar-refractivity contribution in [2.24, 2.45) is 4.99 Å². The SMILES string of the molecule is COC(=O)C1=C(CCc2ccccc2)NC(CC(=O)N2CCN(CCCC3=NCCN3)CC2)=C(C(=O)OC)C1c1c(Cl)cccc1Cl.Cl.I. The smallest absolute Gasteiger partial charge is 0.336 e. The van der Waals surface area contributed by atoms with Gasteiger partial charge in [-0.05, 0) is 43.5 Å². The molecule has 10 nitrogen and oxygen atoms in total. The third-order valence-electron chi connectivity index (χ3n) is 8.82. The normalized spacial score (nSPS) is 17.7. The molecule has 0 spiro atoms. The highest BCUT2D eigenvalue weighted by atomic mass is 127. The van der Waals surface area contributed by atoms with Crippen LogP contribution in [-0.2, 0) is 30.3 Å². The predicted octanol–water partition coefficient (Wildman–Crippen LogP) is 5.52. The molecule has 0 aromatic heterocycles. The number of piperazine rings is 1. The standard InChI is InChI=1S/C35H41Cl2N5O5.ClH.HI/c1-46-34(44)31-26(14-13-23-8-4-3-5-9-23)40-27(32(35(45)47-2)33(31)30-24(36)10-6-11-25(30)37)22-29(43)42-20-18-41(19-21-42)17-7-12-28-38-15-16-39-28;;/h3-6,8-11,33,40H,7,12-22H2,1-2H3,(H,38,39);2*1H. The number of amides is 1. The van der Waals surface area contributed by atoms with Gasteiger partial charge in [0.1, 0.15) is 0 Å². The van der Waals surface area contributed by atoms with Gasteiger partial charge in [-0.25, -0.2) is 9.59 Å². The Morgan fingerprint density at radius 1 is 0.857 bits per heavy atom. The van der Waals surface area contributed by atoms with E-state index < -0.39 is 17.9 Å². The number of carbonyl (C=O) groups is 3. The van der Waals surface area contributed by atoms with Crippen LogP contribution < -0.4 is 10.6 Å². The molecule has 266 valence electrons. The van der Waals surface area contributed by atoms with Gasteiger partial charge in [0.05, 0.1) is 50.1 Å². The molecule has 0 radical (unpaired) electrons. The van der Waals surface area contributed by atoms with E-state index in [1.807, 2.05) is 35.2 Å². The summed E-state index contributed by atoms with van der Waals surface area (Å²) in [6.07, 6.45) is 2.83. The largest absolute Gasteiger partial charge is 0.466 e. The van der Waals surface area contributed by atoms with Crippen molar-refractivity contribution in [3.8, 4) is 0 Å². The van der Waals surface area contributed by atoms with Crippen molar-refractivity contribution in [2.75, 3.05) is 60.0 Å². The molecule has 3 heterocycles. The van der Waals surface area contributed by atoms with Gasteiger partial charge in [0.15, 0.2) is 0 Å². The Balaban J connectivity index is 0.00000325. The van der Waals surface area contributed by atoms with Gasteiger partial charge < -0.3 is 25.0 Å². The topological polar surface area (TPSA) is 113 Å². The lowest BCUT2D eigenvalue weighted by Gasteiger charge is -2.36. The second-order valence-electron chi connectivity index (χ2n) is 11.7. The molecule has 0 aliphatic carbocycles. The molecule has 1 amide bonds. The lowest BCUT2D eigenvalue weighted by molar-refractivity contribution is -0.137. The maximum Gasteiger partial charge on any atom is 0.336 e. The van der Waals surface area contributed by atoms with E-state index in [0.717, 1.165) is 57.0 Å². The molecule has 49 heavy (non-hydrogen) atoms. The first-order valence-corrected chi connectivity index (χ1v) is 16.7. The van der Waals surface area contributed by atoms with E-state index in [1.54, 1.807) is 18.2 Å². The Bertz CT molecular complexity index is 1560. The van der Waals surface area contributed by atoms with Gasteiger partial charge in [0, 0.05) is 66.1 Å². The van der Waals surface area contributed by atoms with Crippen molar-refractivity contribution in [1.29, 1.82) is 0 Å². The number of dihydropyridines is 1. The van der Waals surface area contributed by atoms with Crippen LogP contribution in [0.5, 0.6) is 0 Å². The number of halogens is 4. The van der Waals surface area contributed by atoms with Crippen LogP contribution in [0.25, 0.3) is 0 Å². The molecule has 1 atom stereocenters. The minimum absolute atomic E-state index is 0. The highest BCUT2D eigenvalue weighted by Gasteiger charge is 2.42. The molecule has 1 unspecified atom stereocenters. The first-order chi connectivity index (χ1) is 22.8. The van der Waals surface area contributed by atoms with Crippen LogP contribution in [0.2, 0.25) is 10.0 Å². The van der Waals surface area contributed by atoms with Crippen molar-refractivity contribution in [2.45, 2.75) is 38.0 Å². The number of nitrogens with zero attached hydrogens (tertiary/aromatic N) is 3. The monoisotopic (exact) mass is 845 g/mol. The number of hydrogen-bond donors (Lipinski definition) is 2. The number of rotatable bonds is 12. The summed E-state index contributed by atoms with van der Waals surface area (Å²) >= 11 is 13.5. The van der Waals surface area contributed by atoms with Crippen molar-refractivity contribution >= 4 is 83.3 Å². The molecule has 2 aromatic carbocycles. The molecule has 3 aliphatic rings. The molecule has 0 bridgehead atoms. The van der Waals surface area contributed by atoms with Gasteiger partial charge in [-0.3, -0.25) is 14.7 Å². The number of allylic oxidation sites excluding steroid dienone is 1. The van der Waals surface area contributed by atoms with E-state index in [4.69, 9.17) is 32.7 Å². The molecular weight excluding hydrogens is 804 g/mol. The molecule has 5 rings (SSSR count).